The molecule has 0 aromatic heterocycles. The van der Waals surface area contributed by atoms with E-state index in [2.05, 4.69) is 0 Å². The van der Waals surface area contributed by atoms with Gasteiger partial charge in [0.15, 0.2) is 0 Å². The number of hydrogen-bond acceptors (Lipinski definition) is 2. The minimum Gasteiger partial charge on any atom is 0 e. The molecule has 1 N–H and O–H groups in total. The van der Waals surface area contributed by atoms with Crippen LogP contribution in [-0.4, -0.2) is 4.03 Å². The zero-order valence-electron chi connectivity index (χ0n) is 2.06. The topological polar surface area (TPSA) is 54.4 Å². The maximum Gasteiger partial charge on any atom is 0 e. The second-order valence-corrected chi connectivity index (χ2v) is 0.981. The van der Waals surface area contributed by atoms with Gasteiger partial charge >= 0.3 is 26.8 Å². The molecule has 0 spiro atoms. The third kappa shape index (κ3) is 60.6. The molecular weight excluding hydrogens is 289 g/mol. The van der Waals surface area contributed by atoms with Gasteiger partial charge in [-0.3, -0.25) is 0 Å². The fourth-order valence-electron chi connectivity index (χ4n) is 0. The van der Waals surface area contributed by atoms with Crippen molar-refractivity contribution in [2.24, 2.45) is 0 Å². The van der Waals surface area contributed by atoms with E-state index < -0.39 is 15.4 Å². The van der Waals surface area contributed by atoms with Crippen molar-refractivity contribution in [3.05, 3.63) is 0 Å². The van der Waals surface area contributed by atoms with E-state index in [1.807, 2.05) is 0 Å². The van der Waals surface area contributed by atoms with Crippen molar-refractivity contribution in [2.45, 2.75) is 0 Å². The van der Waals surface area contributed by atoms with Gasteiger partial charge in [-0.25, -0.2) is 0 Å². The molecule has 0 aliphatic carbocycles. The van der Waals surface area contributed by atoms with E-state index in [9.17, 15) is 0 Å². The molecule has 0 saturated heterocycles. The van der Waals surface area contributed by atoms with E-state index in [0.29, 0.717) is 0 Å². The molecule has 0 heterocycles. The molecule has 0 unspecified atom stereocenters. The van der Waals surface area contributed by atoms with Crippen LogP contribution in [-0.2, 0) is 42.5 Å². The van der Waals surface area contributed by atoms with Crippen molar-refractivity contribution in [1.29, 1.82) is 0 Å². The molecule has 5 heavy (non-hydrogen) atoms. The fraction of sp³-hybridized carbons (Fsp3) is 0. The Balaban J connectivity index is 0. The third-order valence-corrected chi connectivity index (χ3v) is 0. The smallest absolute Gasteiger partial charge is 0 e. The van der Waals surface area contributed by atoms with Crippen LogP contribution in [0.5, 0.6) is 0 Å². The zero-order chi connectivity index (χ0) is 3.58. The predicted molar refractivity (Wildman–Crippen MR) is 3.59 cm³/mol. The van der Waals surface area contributed by atoms with Gasteiger partial charge in [0.2, 0.25) is 0 Å². The summed E-state index contributed by atoms with van der Waals surface area (Å²) in [4.78, 5) is 0. The summed E-state index contributed by atoms with van der Waals surface area (Å²) in [6, 6.07) is 0. The first kappa shape index (κ1) is 9.24. The van der Waals surface area contributed by atoms with Crippen molar-refractivity contribution in [3.63, 3.8) is 0 Å². The van der Waals surface area contributed by atoms with Crippen LogP contribution in [0, 0.1) is 0 Å². The molecule has 0 atom stereocenters. The van der Waals surface area contributed by atoms with Gasteiger partial charge in [-0.05, 0) is 0 Å². The van der Waals surface area contributed by atoms with Crippen molar-refractivity contribution in [1.82, 2.24) is 0 Å². The minimum atomic E-state index is -3.69. The summed E-state index contributed by atoms with van der Waals surface area (Å²) in [5.74, 6) is 0. The van der Waals surface area contributed by atoms with Gasteiger partial charge in [-0.1, -0.05) is 0 Å². The quantitative estimate of drug-likeness (QED) is 0.635. The first-order valence-electron chi connectivity index (χ1n) is 0.565. The number of rotatable bonds is 0. The molecule has 0 saturated carbocycles. The van der Waals surface area contributed by atoms with Gasteiger partial charge in [0.25, 0.3) is 0 Å². The molecule has 0 radical (unpaired) electrons. The Hall–Kier alpha value is 0.781. The Morgan fingerprint density at radius 3 is 1.40 bits per heavy atom. The predicted octanol–water partition coefficient (Wildman–Crippen LogP) is -0.800. The summed E-state index contributed by atoms with van der Waals surface area (Å²) in [6.07, 6.45) is 0. The van der Waals surface area contributed by atoms with Crippen LogP contribution in [0.15, 0.2) is 0 Å². The fourth-order valence-corrected chi connectivity index (χ4v) is 0. The van der Waals surface area contributed by atoms with Gasteiger partial charge in [0, 0.05) is 19.8 Å². The van der Waals surface area contributed by atoms with Crippen LogP contribution in [0.25, 0.3) is 0 Å². The van der Waals surface area contributed by atoms with Crippen molar-refractivity contribution >= 4 is 0 Å². The molecule has 0 aromatic rings. The van der Waals surface area contributed by atoms with Gasteiger partial charge in [0.1, 0.15) is 0 Å². The van der Waals surface area contributed by atoms with E-state index in [-0.39, 0.29) is 19.8 Å². The van der Waals surface area contributed by atoms with Crippen LogP contribution in [0.4, 0.5) is 0 Å². The molecule has 0 aromatic carbocycles. The zero-order valence-corrected chi connectivity index (χ0v) is 6.00. The Labute approximate surface area is 46.8 Å². The summed E-state index contributed by atoms with van der Waals surface area (Å²) in [7, 11) is 0. The van der Waals surface area contributed by atoms with Gasteiger partial charge < -0.3 is 0 Å². The van der Waals surface area contributed by atoms with E-state index >= 15 is 0 Å². The summed E-state index contributed by atoms with van der Waals surface area (Å²) < 4.78 is 24.4. The Kier molecular flexibility index (Phi) is 8.84. The molecular formula is HO3OsV. The number of hydrogen-bond donors (Lipinski definition) is 1. The van der Waals surface area contributed by atoms with Crippen LogP contribution in [0.3, 0.4) is 0 Å². The molecule has 0 aliphatic heterocycles. The normalized spacial score (nSPS) is 5.00. The molecule has 3 nitrogen and oxygen atoms in total. The molecule has 5 heteroatoms. The molecule has 0 aliphatic rings. The summed E-state index contributed by atoms with van der Waals surface area (Å²) >= 11 is -3.69. The Morgan fingerprint density at radius 1 is 1.40 bits per heavy atom. The van der Waals surface area contributed by atoms with Gasteiger partial charge in [-0.2, -0.15) is 0 Å². The molecule has 0 bridgehead atoms. The maximum absolute atomic E-state index is 8.67. The second kappa shape index (κ2) is 4.78. The van der Waals surface area contributed by atoms with Gasteiger partial charge in [0.05, 0.1) is 0 Å². The summed E-state index contributed by atoms with van der Waals surface area (Å²) in [5.41, 5.74) is 0. The van der Waals surface area contributed by atoms with Crippen molar-refractivity contribution in [3.8, 4) is 0 Å². The molecule has 0 fully saturated rings. The van der Waals surface area contributed by atoms with Crippen molar-refractivity contribution < 1.29 is 46.6 Å². The van der Waals surface area contributed by atoms with Gasteiger partial charge in [-0.15, -0.1) is 0 Å². The standard InChI is InChI=1S/H2O.2O.Os.V/h1H2;;;;/q;;;;+1/p-1. The average molecular weight is 290 g/mol. The molecule has 0 amide bonds. The Bertz CT molecular complexity index is 55.3. The maximum atomic E-state index is 8.67. The van der Waals surface area contributed by atoms with E-state index in [0.717, 1.165) is 0 Å². The van der Waals surface area contributed by atoms with Crippen molar-refractivity contribution in [2.75, 3.05) is 0 Å². The minimum absolute atomic E-state index is 0. The first-order valence-corrected chi connectivity index (χ1v) is 2.33. The van der Waals surface area contributed by atoms with E-state index in [1.54, 1.807) is 0 Å². The Morgan fingerprint density at radius 2 is 1.40 bits per heavy atom. The SMILES string of the molecule is [O]=[V](=[O])[OH].[Os]. The second-order valence-electron chi connectivity index (χ2n) is 0.238. The van der Waals surface area contributed by atoms with E-state index in [1.165, 1.54) is 0 Å². The largest absolute Gasteiger partial charge is 0 e. The first-order chi connectivity index (χ1) is 1.73. The van der Waals surface area contributed by atoms with Crippen LogP contribution >= 0.6 is 0 Å². The third-order valence-electron chi connectivity index (χ3n) is 0. The van der Waals surface area contributed by atoms with Crippen LogP contribution < -0.4 is 0 Å². The molecule has 0 rings (SSSR count). The summed E-state index contributed by atoms with van der Waals surface area (Å²) in [6.45, 7) is 0. The van der Waals surface area contributed by atoms with Crippen LogP contribution in [0.2, 0.25) is 0 Å². The average Bonchev–Trinajstić information content (AvgIpc) is 0.811. The van der Waals surface area contributed by atoms with E-state index in [4.69, 9.17) is 11.4 Å². The summed E-state index contributed by atoms with van der Waals surface area (Å²) in [5, 5.41) is 0. The molecule has 32 valence electrons. The van der Waals surface area contributed by atoms with Crippen LogP contribution in [0.1, 0.15) is 0 Å². The monoisotopic (exact) mass is 292 g/mol.